The van der Waals surface area contributed by atoms with Crippen molar-refractivity contribution in [2.75, 3.05) is 29.9 Å². The second-order valence-corrected chi connectivity index (χ2v) is 5.66. The third kappa shape index (κ3) is 4.30. The maximum absolute atomic E-state index is 9.13. The van der Waals surface area contributed by atoms with Crippen molar-refractivity contribution in [3.63, 3.8) is 0 Å². The first kappa shape index (κ1) is 16.0. The van der Waals surface area contributed by atoms with E-state index in [9.17, 15) is 0 Å². The van der Waals surface area contributed by atoms with E-state index in [1.165, 1.54) is 19.3 Å². The summed E-state index contributed by atoms with van der Waals surface area (Å²) < 4.78 is 0. The number of hydrogen-bond acceptors (Lipinski definition) is 5. The van der Waals surface area contributed by atoms with E-state index in [1.54, 1.807) is 0 Å². The van der Waals surface area contributed by atoms with Gasteiger partial charge >= 0.3 is 0 Å². The average Bonchev–Trinajstić information content (AvgIpc) is 2.46. The molecule has 0 bridgehead atoms. The van der Waals surface area contributed by atoms with Crippen molar-refractivity contribution in [1.29, 1.82) is 0 Å². The van der Waals surface area contributed by atoms with Gasteiger partial charge in [-0.1, -0.05) is 13.8 Å². The monoisotopic (exact) mass is 292 g/mol. The van der Waals surface area contributed by atoms with Crippen molar-refractivity contribution < 1.29 is 5.11 Å². The summed E-state index contributed by atoms with van der Waals surface area (Å²) in [5.74, 6) is 2.82. The van der Waals surface area contributed by atoms with Crippen LogP contribution in [0.5, 0.6) is 0 Å². The lowest BCUT2D eigenvalue weighted by atomic mass is 9.91. The van der Waals surface area contributed by atoms with Crippen LogP contribution in [0.25, 0.3) is 0 Å². The molecule has 1 aromatic heterocycles. The Balaban J connectivity index is 2.20. The number of nitrogens with zero attached hydrogens (tertiary/aromatic N) is 3. The lowest BCUT2D eigenvalue weighted by Crippen LogP contribution is -2.41. The van der Waals surface area contributed by atoms with E-state index in [4.69, 9.17) is 10.1 Å². The van der Waals surface area contributed by atoms with Gasteiger partial charge in [-0.05, 0) is 32.1 Å². The Morgan fingerprint density at radius 1 is 1.33 bits per heavy atom. The quantitative estimate of drug-likeness (QED) is 0.732. The van der Waals surface area contributed by atoms with Crippen molar-refractivity contribution in [3.05, 3.63) is 11.9 Å². The summed E-state index contributed by atoms with van der Waals surface area (Å²) in [5.41, 5.74) is 0. The Labute approximate surface area is 127 Å². The van der Waals surface area contributed by atoms with Crippen LogP contribution in [0.4, 0.5) is 11.6 Å². The molecule has 0 unspecified atom stereocenters. The van der Waals surface area contributed by atoms with Crippen molar-refractivity contribution in [2.24, 2.45) is 0 Å². The highest BCUT2D eigenvalue weighted by Crippen LogP contribution is 2.29. The van der Waals surface area contributed by atoms with E-state index in [0.29, 0.717) is 6.04 Å². The van der Waals surface area contributed by atoms with Crippen molar-refractivity contribution >= 4 is 11.6 Å². The predicted octanol–water partition coefficient (Wildman–Crippen LogP) is 2.60. The summed E-state index contributed by atoms with van der Waals surface area (Å²) in [6, 6.07) is 2.64. The third-order valence-corrected chi connectivity index (χ3v) is 4.00. The highest BCUT2D eigenvalue weighted by molar-refractivity contribution is 5.50. The van der Waals surface area contributed by atoms with E-state index in [1.807, 2.05) is 0 Å². The fourth-order valence-corrected chi connectivity index (χ4v) is 2.56. The van der Waals surface area contributed by atoms with Gasteiger partial charge in [0.15, 0.2) is 0 Å². The van der Waals surface area contributed by atoms with Crippen molar-refractivity contribution in [3.8, 4) is 0 Å². The molecule has 5 heteroatoms. The Bertz CT molecular complexity index is 434. The second-order valence-electron chi connectivity index (χ2n) is 5.66. The highest BCUT2D eigenvalue weighted by atomic mass is 16.3. The van der Waals surface area contributed by atoms with Gasteiger partial charge in [0.1, 0.15) is 17.5 Å². The molecule has 2 N–H and O–H groups in total. The molecule has 0 aliphatic heterocycles. The number of aliphatic hydroxyl groups is 1. The van der Waals surface area contributed by atoms with E-state index < -0.39 is 0 Å². The minimum Gasteiger partial charge on any atom is -0.396 e. The van der Waals surface area contributed by atoms with Gasteiger partial charge in [-0.15, -0.1) is 0 Å². The lowest BCUT2D eigenvalue weighted by molar-refractivity contribution is 0.282. The van der Waals surface area contributed by atoms with Gasteiger partial charge in [-0.3, -0.25) is 0 Å². The van der Waals surface area contributed by atoms with E-state index in [-0.39, 0.29) is 6.61 Å². The fourth-order valence-electron chi connectivity index (χ4n) is 2.56. The normalized spacial score (nSPS) is 14.8. The summed E-state index contributed by atoms with van der Waals surface area (Å²) in [6.45, 7) is 6.27. The van der Waals surface area contributed by atoms with Crippen LogP contribution >= 0.6 is 0 Å². The standard InChI is InChI=1S/C16H28N4O/c1-3-9-17-15-12-16(19-14(4-2)18-15)20(10-6-11-21)13-7-5-8-13/h12-13,21H,3-11H2,1-2H3,(H,17,18,19). The zero-order valence-corrected chi connectivity index (χ0v) is 13.3. The number of anilines is 2. The molecule has 0 aromatic carbocycles. The Hall–Kier alpha value is -1.36. The predicted molar refractivity (Wildman–Crippen MR) is 86.9 cm³/mol. The van der Waals surface area contributed by atoms with Crippen LogP contribution in [0.15, 0.2) is 6.07 Å². The summed E-state index contributed by atoms with van der Waals surface area (Å²) >= 11 is 0. The molecule has 1 heterocycles. The number of nitrogens with one attached hydrogen (secondary N) is 1. The topological polar surface area (TPSA) is 61.3 Å². The number of aliphatic hydroxyl groups excluding tert-OH is 1. The largest absolute Gasteiger partial charge is 0.396 e. The maximum Gasteiger partial charge on any atom is 0.134 e. The van der Waals surface area contributed by atoms with Crippen LogP contribution in [0.2, 0.25) is 0 Å². The van der Waals surface area contributed by atoms with Crippen LogP contribution in [0, 0.1) is 0 Å². The molecule has 0 saturated heterocycles. The van der Waals surface area contributed by atoms with Crippen LogP contribution in [-0.2, 0) is 6.42 Å². The molecular formula is C16H28N4O. The molecule has 5 nitrogen and oxygen atoms in total. The van der Waals surface area contributed by atoms with Gasteiger partial charge in [0.2, 0.25) is 0 Å². The van der Waals surface area contributed by atoms with Gasteiger partial charge < -0.3 is 15.3 Å². The minimum atomic E-state index is 0.232. The molecule has 1 fully saturated rings. The third-order valence-electron chi connectivity index (χ3n) is 4.00. The summed E-state index contributed by atoms with van der Waals surface area (Å²) in [4.78, 5) is 11.6. The first-order valence-electron chi connectivity index (χ1n) is 8.27. The first-order chi connectivity index (χ1) is 10.3. The van der Waals surface area contributed by atoms with Gasteiger partial charge in [0.25, 0.3) is 0 Å². The molecular weight excluding hydrogens is 264 g/mol. The van der Waals surface area contributed by atoms with Crippen LogP contribution in [-0.4, -0.2) is 40.8 Å². The van der Waals surface area contributed by atoms with Gasteiger partial charge in [-0.2, -0.15) is 0 Å². The minimum absolute atomic E-state index is 0.232. The lowest BCUT2D eigenvalue weighted by Gasteiger charge is -2.38. The Morgan fingerprint density at radius 3 is 2.71 bits per heavy atom. The van der Waals surface area contributed by atoms with E-state index in [0.717, 1.165) is 49.8 Å². The Morgan fingerprint density at radius 2 is 2.14 bits per heavy atom. The van der Waals surface area contributed by atoms with Crippen LogP contribution < -0.4 is 10.2 Å². The molecule has 1 aliphatic carbocycles. The molecule has 0 radical (unpaired) electrons. The molecule has 0 spiro atoms. The van der Waals surface area contributed by atoms with Crippen LogP contribution in [0.3, 0.4) is 0 Å². The summed E-state index contributed by atoms with van der Waals surface area (Å²) in [5, 5.41) is 12.5. The molecule has 1 aliphatic rings. The average molecular weight is 292 g/mol. The SMILES string of the molecule is CCCNc1cc(N(CCCO)C2CCC2)nc(CC)n1. The molecule has 1 aromatic rings. The van der Waals surface area contributed by atoms with Crippen molar-refractivity contribution in [1.82, 2.24) is 9.97 Å². The van der Waals surface area contributed by atoms with Gasteiger partial charge in [0, 0.05) is 38.2 Å². The number of rotatable bonds is 9. The molecule has 21 heavy (non-hydrogen) atoms. The zero-order valence-electron chi connectivity index (χ0n) is 13.3. The number of aryl methyl sites for hydroxylation is 1. The Kier molecular flexibility index (Phi) is 6.23. The molecule has 118 valence electrons. The molecule has 1 saturated carbocycles. The maximum atomic E-state index is 9.13. The van der Waals surface area contributed by atoms with Crippen LogP contribution in [0.1, 0.15) is 51.8 Å². The van der Waals surface area contributed by atoms with Gasteiger partial charge in [0.05, 0.1) is 0 Å². The second kappa shape index (κ2) is 8.17. The number of hydrogen-bond donors (Lipinski definition) is 2. The first-order valence-corrected chi connectivity index (χ1v) is 8.27. The zero-order chi connectivity index (χ0) is 15.1. The van der Waals surface area contributed by atoms with Gasteiger partial charge in [-0.25, -0.2) is 9.97 Å². The fraction of sp³-hybridized carbons (Fsp3) is 0.750. The molecule has 0 atom stereocenters. The summed E-state index contributed by atoms with van der Waals surface area (Å²) in [7, 11) is 0. The van der Waals surface area contributed by atoms with Crippen molar-refractivity contribution in [2.45, 2.75) is 58.4 Å². The van der Waals surface area contributed by atoms with E-state index in [2.05, 4.69) is 35.1 Å². The smallest absolute Gasteiger partial charge is 0.134 e. The van der Waals surface area contributed by atoms with E-state index >= 15 is 0 Å². The molecule has 0 amide bonds. The highest BCUT2D eigenvalue weighted by Gasteiger charge is 2.26. The summed E-state index contributed by atoms with van der Waals surface area (Å²) in [6.07, 6.45) is 6.47. The molecule has 2 rings (SSSR count). The number of aromatic nitrogens is 2.